The third-order valence-electron chi connectivity index (χ3n) is 4.51. The Labute approximate surface area is 126 Å². The molecule has 0 spiro atoms. The van der Waals surface area contributed by atoms with Crippen LogP contribution in [-0.2, 0) is 10.3 Å². The quantitative estimate of drug-likeness (QED) is 0.798. The van der Waals surface area contributed by atoms with Gasteiger partial charge in [0.2, 0.25) is 0 Å². The highest BCUT2D eigenvalue weighted by Gasteiger charge is 2.37. The fourth-order valence-electron chi connectivity index (χ4n) is 3.31. The van der Waals surface area contributed by atoms with E-state index in [-0.39, 0.29) is 23.6 Å². The number of rotatable bonds is 1. The van der Waals surface area contributed by atoms with Crippen molar-refractivity contribution in [2.75, 3.05) is 13.2 Å². The number of amides is 1. The maximum atomic E-state index is 12.8. The second-order valence-corrected chi connectivity index (χ2v) is 7.10. The lowest BCUT2D eigenvalue weighted by Crippen LogP contribution is -2.54. The Bertz CT molecular complexity index is 516. The maximum absolute atomic E-state index is 12.8. The predicted octanol–water partition coefficient (Wildman–Crippen LogP) is 2.42. The summed E-state index contributed by atoms with van der Waals surface area (Å²) in [5.74, 6) is 0.103. The van der Waals surface area contributed by atoms with Crippen LogP contribution in [0.1, 0.15) is 56.8 Å². The average Bonchev–Trinajstić information content (AvgIpc) is 2.96. The van der Waals surface area contributed by atoms with Crippen LogP contribution in [-0.4, -0.2) is 45.9 Å². The Kier molecular flexibility index (Phi) is 3.78. The van der Waals surface area contributed by atoms with E-state index in [0.717, 1.165) is 12.8 Å². The molecule has 2 atom stereocenters. The summed E-state index contributed by atoms with van der Waals surface area (Å²) in [6, 6.07) is 0.248. The van der Waals surface area contributed by atoms with Crippen LogP contribution in [0.25, 0.3) is 0 Å². The predicted molar refractivity (Wildman–Crippen MR) is 80.3 cm³/mol. The van der Waals surface area contributed by atoms with Crippen LogP contribution in [0.15, 0.2) is 12.4 Å². The number of hydrogen-bond acceptors (Lipinski definition) is 3. The van der Waals surface area contributed by atoms with Gasteiger partial charge in [-0.05, 0) is 33.6 Å². The van der Waals surface area contributed by atoms with Gasteiger partial charge in [-0.1, -0.05) is 12.8 Å². The minimum Gasteiger partial charge on any atom is -0.374 e. The molecule has 1 aliphatic carbocycles. The topological polar surface area (TPSA) is 47.4 Å². The number of carbonyl (C=O) groups is 1. The van der Waals surface area contributed by atoms with Crippen LogP contribution in [0.4, 0.5) is 0 Å². The van der Waals surface area contributed by atoms with Gasteiger partial charge >= 0.3 is 0 Å². The molecule has 5 nitrogen and oxygen atoms in total. The average molecular weight is 291 g/mol. The number of morpholine rings is 1. The number of fused-ring (bicyclic) bond motifs is 1. The first-order valence-corrected chi connectivity index (χ1v) is 7.94. The van der Waals surface area contributed by atoms with Crippen molar-refractivity contribution in [1.82, 2.24) is 14.7 Å². The van der Waals surface area contributed by atoms with E-state index in [2.05, 4.69) is 25.9 Å². The molecule has 1 amide bonds. The second kappa shape index (κ2) is 5.44. The molecule has 0 aromatic carbocycles. The molecular weight excluding hydrogens is 266 g/mol. The van der Waals surface area contributed by atoms with Gasteiger partial charge in [0.1, 0.15) is 0 Å². The zero-order valence-electron chi connectivity index (χ0n) is 13.2. The van der Waals surface area contributed by atoms with E-state index in [1.807, 2.05) is 15.8 Å². The van der Waals surface area contributed by atoms with Gasteiger partial charge in [0.05, 0.1) is 36.1 Å². The Morgan fingerprint density at radius 2 is 2.10 bits per heavy atom. The summed E-state index contributed by atoms with van der Waals surface area (Å²) in [5, 5.41) is 4.35. The van der Waals surface area contributed by atoms with E-state index in [9.17, 15) is 4.79 Å². The van der Waals surface area contributed by atoms with Gasteiger partial charge in [-0.15, -0.1) is 0 Å². The monoisotopic (exact) mass is 291 g/mol. The molecule has 21 heavy (non-hydrogen) atoms. The van der Waals surface area contributed by atoms with Crippen molar-refractivity contribution in [3.8, 4) is 0 Å². The molecule has 2 aliphatic rings. The summed E-state index contributed by atoms with van der Waals surface area (Å²) in [7, 11) is 0. The molecule has 1 aromatic rings. The fourth-order valence-corrected chi connectivity index (χ4v) is 3.31. The first kappa shape index (κ1) is 14.6. The van der Waals surface area contributed by atoms with Crippen LogP contribution in [0.3, 0.4) is 0 Å². The Morgan fingerprint density at radius 3 is 2.81 bits per heavy atom. The Morgan fingerprint density at radius 1 is 1.33 bits per heavy atom. The molecule has 1 aliphatic heterocycles. The van der Waals surface area contributed by atoms with Crippen LogP contribution >= 0.6 is 0 Å². The number of nitrogens with zero attached hydrogens (tertiary/aromatic N) is 3. The lowest BCUT2D eigenvalue weighted by molar-refractivity contribution is -0.0752. The molecule has 2 heterocycles. The van der Waals surface area contributed by atoms with Crippen LogP contribution in [0, 0.1) is 0 Å². The van der Waals surface area contributed by atoms with Crippen molar-refractivity contribution in [3.63, 3.8) is 0 Å². The minimum absolute atomic E-state index is 0.100. The highest BCUT2D eigenvalue weighted by molar-refractivity contribution is 5.94. The van der Waals surface area contributed by atoms with E-state index < -0.39 is 0 Å². The van der Waals surface area contributed by atoms with Crippen molar-refractivity contribution in [2.45, 2.75) is 64.1 Å². The molecule has 5 heteroatoms. The first-order valence-electron chi connectivity index (χ1n) is 7.94. The Hall–Kier alpha value is -1.36. The van der Waals surface area contributed by atoms with Crippen molar-refractivity contribution in [2.24, 2.45) is 0 Å². The van der Waals surface area contributed by atoms with Gasteiger partial charge in [0.25, 0.3) is 5.91 Å². The van der Waals surface area contributed by atoms with E-state index in [1.54, 1.807) is 6.20 Å². The highest BCUT2D eigenvalue weighted by Crippen LogP contribution is 2.29. The van der Waals surface area contributed by atoms with E-state index in [0.29, 0.717) is 18.7 Å². The van der Waals surface area contributed by atoms with Gasteiger partial charge in [-0.3, -0.25) is 9.48 Å². The standard InChI is InChI=1S/C16H25N3O2/c1-16(2,3)19-11-12(10-17-19)15(20)18-8-9-21-14-7-5-4-6-13(14)18/h10-11,13-14H,4-9H2,1-3H3. The minimum atomic E-state index is -0.100. The van der Waals surface area contributed by atoms with Gasteiger partial charge in [-0.2, -0.15) is 5.10 Å². The van der Waals surface area contributed by atoms with E-state index >= 15 is 0 Å². The summed E-state index contributed by atoms with van der Waals surface area (Å²) >= 11 is 0. The smallest absolute Gasteiger partial charge is 0.257 e. The number of carbonyl (C=O) groups excluding carboxylic acids is 1. The van der Waals surface area contributed by atoms with E-state index in [4.69, 9.17) is 4.74 Å². The van der Waals surface area contributed by atoms with Crippen molar-refractivity contribution < 1.29 is 9.53 Å². The molecule has 116 valence electrons. The maximum Gasteiger partial charge on any atom is 0.257 e. The fraction of sp³-hybridized carbons (Fsp3) is 0.750. The van der Waals surface area contributed by atoms with Crippen molar-refractivity contribution in [1.29, 1.82) is 0 Å². The summed E-state index contributed by atoms with van der Waals surface area (Å²) in [5.41, 5.74) is 0.591. The lowest BCUT2D eigenvalue weighted by atomic mass is 9.90. The molecule has 0 bridgehead atoms. The zero-order valence-corrected chi connectivity index (χ0v) is 13.2. The highest BCUT2D eigenvalue weighted by atomic mass is 16.5. The van der Waals surface area contributed by atoms with Gasteiger partial charge in [0.15, 0.2) is 0 Å². The summed E-state index contributed by atoms with van der Waals surface area (Å²) in [6.07, 6.45) is 8.34. The van der Waals surface area contributed by atoms with Crippen molar-refractivity contribution >= 4 is 5.91 Å². The number of hydrogen-bond donors (Lipinski definition) is 0. The number of aromatic nitrogens is 2. The van der Waals surface area contributed by atoms with Gasteiger partial charge in [0, 0.05) is 12.7 Å². The van der Waals surface area contributed by atoms with E-state index in [1.165, 1.54) is 12.8 Å². The van der Waals surface area contributed by atoms with Crippen LogP contribution in [0.5, 0.6) is 0 Å². The number of ether oxygens (including phenoxy) is 1. The molecule has 0 N–H and O–H groups in total. The van der Waals surface area contributed by atoms with Gasteiger partial charge < -0.3 is 9.64 Å². The Balaban J connectivity index is 1.79. The van der Waals surface area contributed by atoms with Gasteiger partial charge in [-0.25, -0.2) is 0 Å². The van der Waals surface area contributed by atoms with Crippen LogP contribution in [0.2, 0.25) is 0 Å². The first-order chi connectivity index (χ1) is 9.97. The molecule has 3 rings (SSSR count). The zero-order chi connectivity index (χ0) is 15.0. The second-order valence-electron chi connectivity index (χ2n) is 7.10. The molecule has 0 radical (unpaired) electrons. The third kappa shape index (κ3) is 2.84. The molecule has 1 saturated carbocycles. The lowest BCUT2D eigenvalue weighted by Gasteiger charge is -2.43. The molecule has 1 saturated heterocycles. The molecule has 2 fully saturated rings. The molecular formula is C16H25N3O2. The summed E-state index contributed by atoms with van der Waals surface area (Å²) in [6.45, 7) is 7.60. The summed E-state index contributed by atoms with van der Waals surface area (Å²) in [4.78, 5) is 14.8. The van der Waals surface area contributed by atoms with Crippen molar-refractivity contribution in [3.05, 3.63) is 18.0 Å². The van der Waals surface area contributed by atoms with Crippen LogP contribution < -0.4 is 0 Å². The summed E-state index contributed by atoms with van der Waals surface area (Å²) < 4.78 is 7.70. The molecule has 2 unspecified atom stereocenters. The largest absolute Gasteiger partial charge is 0.374 e. The molecule has 1 aromatic heterocycles. The third-order valence-corrected chi connectivity index (χ3v) is 4.51. The normalized spacial score (nSPS) is 26.5. The SMILES string of the molecule is CC(C)(C)n1cc(C(=O)N2CCOC3CCCCC32)cn1.